The molecule has 1 aliphatic heterocycles. The van der Waals surface area contributed by atoms with Crippen LogP contribution in [-0.2, 0) is 4.79 Å². The normalized spacial score (nSPS) is 14.6. The van der Waals surface area contributed by atoms with E-state index in [1.165, 1.54) is 6.07 Å². The fraction of sp³-hybridized carbons (Fsp3) is 0.385. The van der Waals surface area contributed by atoms with Crippen molar-refractivity contribution in [2.75, 3.05) is 25.4 Å². The smallest absolute Gasteiger partial charge is 0.260 e. The van der Waals surface area contributed by atoms with Crippen molar-refractivity contribution in [2.45, 2.75) is 12.8 Å². The van der Waals surface area contributed by atoms with E-state index < -0.39 is 0 Å². The van der Waals surface area contributed by atoms with Crippen molar-refractivity contribution in [2.24, 2.45) is 0 Å². The average molecular weight is 248 g/mol. The lowest BCUT2D eigenvalue weighted by molar-refractivity contribution is -0.132. The third kappa shape index (κ3) is 2.80. The molecule has 96 valence electrons. The Morgan fingerprint density at radius 1 is 1.39 bits per heavy atom. The number of nitrogens with two attached hydrogens (primary N) is 1. The Hall–Kier alpha value is -2.04. The van der Waals surface area contributed by atoms with Gasteiger partial charge in [-0.3, -0.25) is 9.59 Å². The van der Waals surface area contributed by atoms with Crippen LogP contribution in [0, 0.1) is 0 Å². The van der Waals surface area contributed by atoms with Gasteiger partial charge in [0.15, 0.2) is 6.61 Å². The summed E-state index contributed by atoms with van der Waals surface area (Å²) >= 11 is 0. The molecule has 1 aromatic carbocycles. The van der Waals surface area contributed by atoms with Crippen LogP contribution in [0.25, 0.3) is 0 Å². The second-order valence-electron chi connectivity index (χ2n) is 4.29. The minimum atomic E-state index is -0.0219. The van der Waals surface area contributed by atoms with Crippen molar-refractivity contribution in [1.82, 2.24) is 4.90 Å². The molecule has 2 N–H and O–H groups in total. The van der Waals surface area contributed by atoms with Gasteiger partial charge >= 0.3 is 0 Å². The van der Waals surface area contributed by atoms with Gasteiger partial charge in [-0.2, -0.15) is 0 Å². The van der Waals surface area contributed by atoms with E-state index in [4.69, 9.17) is 10.5 Å². The van der Waals surface area contributed by atoms with E-state index in [0.717, 1.165) is 32.2 Å². The summed E-state index contributed by atoms with van der Waals surface area (Å²) in [5, 5.41) is 0. The van der Waals surface area contributed by atoms with Crippen LogP contribution in [0.15, 0.2) is 18.2 Å². The summed E-state index contributed by atoms with van der Waals surface area (Å²) in [6.07, 6.45) is 2.83. The number of likely N-dealkylation sites (tertiary alicyclic amines) is 1. The third-order valence-corrected chi connectivity index (χ3v) is 2.98. The Labute approximate surface area is 106 Å². The molecule has 0 unspecified atom stereocenters. The molecule has 0 radical (unpaired) electrons. The Morgan fingerprint density at radius 2 is 2.11 bits per heavy atom. The van der Waals surface area contributed by atoms with E-state index in [1.54, 1.807) is 17.0 Å². The number of benzene rings is 1. The van der Waals surface area contributed by atoms with Gasteiger partial charge in [-0.05, 0) is 31.0 Å². The maximum atomic E-state index is 11.8. The van der Waals surface area contributed by atoms with Gasteiger partial charge in [-0.25, -0.2) is 0 Å². The van der Waals surface area contributed by atoms with Crippen molar-refractivity contribution < 1.29 is 14.3 Å². The van der Waals surface area contributed by atoms with Crippen molar-refractivity contribution >= 4 is 17.9 Å². The topological polar surface area (TPSA) is 72.6 Å². The molecule has 0 aromatic heterocycles. The van der Waals surface area contributed by atoms with Crippen molar-refractivity contribution in [3.05, 3.63) is 23.8 Å². The largest absolute Gasteiger partial charge is 0.482 e. The number of carbonyl (C=O) groups excluding carboxylic acids is 2. The van der Waals surface area contributed by atoms with Crippen LogP contribution < -0.4 is 10.5 Å². The summed E-state index contributed by atoms with van der Waals surface area (Å²) in [6.45, 7) is 1.61. The zero-order chi connectivity index (χ0) is 13.0. The molecule has 1 saturated heterocycles. The van der Waals surface area contributed by atoms with Gasteiger partial charge in [0.05, 0.1) is 5.69 Å². The predicted molar refractivity (Wildman–Crippen MR) is 67.6 cm³/mol. The average Bonchev–Trinajstić information content (AvgIpc) is 2.90. The molecule has 5 heteroatoms. The summed E-state index contributed by atoms with van der Waals surface area (Å²) in [6, 6.07) is 4.75. The number of nitrogen functional groups attached to an aromatic ring is 1. The molecule has 1 heterocycles. The number of hydrogen-bond donors (Lipinski definition) is 1. The fourth-order valence-corrected chi connectivity index (χ4v) is 1.97. The number of hydrogen-bond acceptors (Lipinski definition) is 4. The highest BCUT2D eigenvalue weighted by atomic mass is 16.5. The standard InChI is InChI=1S/C13H16N2O3/c14-11-7-10(8-16)3-4-12(11)18-9-13(17)15-5-1-2-6-15/h3-4,7-8H,1-2,5-6,9,14H2. The van der Waals surface area contributed by atoms with E-state index in [-0.39, 0.29) is 12.5 Å². The lowest BCUT2D eigenvalue weighted by atomic mass is 10.2. The molecule has 0 saturated carbocycles. The van der Waals surface area contributed by atoms with Crippen LogP contribution in [0.3, 0.4) is 0 Å². The minimum Gasteiger partial charge on any atom is -0.482 e. The number of rotatable bonds is 4. The van der Waals surface area contributed by atoms with Gasteiger partial charge in [0.2, 0.25) is 0 Å². The van der Waals surface area contributed by atoms with Crippen LogP contribution in [-0.4, -0.2) is 36.8 Å². The third-order valence-electron chi connectivity index (χ3n) is 2.98. The molecule has 18 heavy (non-hydrogen) atoms. The highest BCUT2D eigenvalue weighted by Gasteiger charge is 2.18. The fourth-order valence-electron chi connectivity index (χ4n) is 1.97. The van der Waals surface area contributed by atoms with Crippen LogP contribution in [0.4, 0.5) is 5.69 Å². The van der Waals surface area contributed by atoms with Gasteiger partial charge in [-0.1, -0.05) is 0 Å². The number of anilines is 1. The predicted octanol–water partition coefficient (Wildman–Crippen LogP) is 1.08. The zero-order valence-corrected chi connectivity index (χ0v) is 10.1. The molecule has 0 atom stereocenters. The molecular weight excluding hydrogens is 232 g/mol. The molecule has 5 nitrogen and oxygen atoms in total. The van der Waals surface area contributed by atoms with E-state index in [9.17, 15) is 9.59 Å². The number of nitrogens with zero attached hydrogens (tertiary/aromatic N) is 1. The first-order chi connectivity index (χ1) is 8.70. The molecule has 2 rings (SSSR count). The highest BCUT2D eigenvalue weighted by molar-refractivity contribution is 5.79. The minimum absolute atomic E-state index is 0.00929. The zero-order valence-electron chi connectivity index (χ0n) is 10.1. The van der Waals surface area contributed by atoms with E-state index in [1.807, 2.05) is 0 Å². The molecule has 1 aromatic rings. The summed E-state index contributed by atoms with van der Waals surface area (Å²) in [5.74, 6) is 0.416. The van der Waals surface area contributed by atoms with Gasteiger partial charge in [-0.15, -0.1) is 0 Å². The molecule has 1 aliphatic rings. The maximum absolute atomic E-state index is 11.8. The second-order valence-corrected chi connectivity index (χ2v) is 4.29. The van der Waals surface area contributed by atoms with Gasteiger partial charge < -0.3 is 15.4 Å². The number of aldehydes is 1. The van der Waals surface area contributed by atoms with Crippen LogP contribution in [0.5, 0.6) is 5.75 Å². The first-order valence-electron chi connectivity index (χ1n) is 5.96. The van der Waals surface area contributed by atoms with E-state index in [2.05, 4.69) is 0 Å². The first-order valence-corrected chi connectivity index (χ1v) is 5.96. The Kier molecular flexibility index (Phi) is 3.82. The molecule has 0 spiro atoms. The van der Waals surface area contributed by atoms with Crippen LogP contribution in [0.1, 0.15) is 23.2 Å². The molecule has 0 aliphatic carbocycles. The quantitative estimate of drug-likeness (QED) is 0.639. The van der Waals surface area contributed by atoms with Crippen molar-refractivity contribution in [3.8, 4) is 5.75 Å². The maximum Gasteiger partial charge on any atom is 0.260 e. The van der Waals surface area contributed by atoms with Crippen molar-refractivity contribution in [1.29, 1.82) is 0 Å². The van der Waals surface area contributed by atoms with Crippen LogP contribution >= 0.6 is 0 Å². The molecular formula is C13H16N2O3. The van der Waals surface area contributed by atoms with E-state index >= 15 is 0 Å². The first kappa shape index (κ1) is 12.4. The van der Waals surface area contributed by atoms with Crippen molar-refractivity contribution in [3.63, 3.8) is 0 Å². The number of carbonyl (C=O) groups is 2. The molecule has 0 bridgehead atoms. The summed E-state index contributed by atoms with van der Waals surface area (Å²) in [5.41, 5.74) is 6.59. The van der Waals surface area contributed by atoms with Gasteiger partial charge in [0.25, 0.3) is 5.91 Å². The summed E-state index contributed by atoms with van der Waals surface area (Å²) < 4.78 is 5.38. The summed E-state index contributed by atoms with van der Waals surface area (Å²) in [4.78, 5) is 24.1. The van der Waals surface area contributed by atoms with E-state index in [0.29, 0.717) is 17.0 Å². The monoisotopic (exact) mass is 248 g/mol. The highest BCUT2D eigenvalue weighted by Crippen LogP contribution is 2.22. The molecule has 1 fully saturated rings. The lowest BCUT2D eigenvalue weighted by Gasteiger charge is -2.16. The second kappa shape index (κ2) is 5.53. The summed E-state index contributed by atoms with van der Waals surface area (Å²) in [7, 11) is 0. The Morgan fingerprint density at radius 3 is 2.72 bits per heavy atom. The van der Waals surface area contributed by atoms with Crippen LogP contribution in [0.2, 0.25) is 0 Å². The Balaban J connectivity index is 1.93. The van der Waals surface area contributed by atoms with Gasteiger partial charge in [0, 0.05) is 18.7 Å². The Bertz CT molecular complexity index is 454. The molecule has 1 amide bonds. The number of ether oxygens (including phenoxy) is 1. The SMILES string of the molecule is Nc1cc(C=O)ccc1OCC(=O)N1CCCC1. The number of amides is 1. The van der Waals surface area contributed by atoms with Gasteiger partial charge in [0.1, 0.15) is 12.0 Å². The lowest BCUT2D eigenvalue weighted by Crippen LogP contribution is -2.32.